The summed E-state index contributed by atoms with van der Waals surface area (Å²) in [4.78, 5) is 2.40. The maximum Gasteiger partial charge on any atom is 0.0459 e. The van der Waals surface area contributed by atoms with Crippen molar-refractivity contribution < 1.29 is 0 Å². The highest BCUT2D eigenvalue weighted by atomic mass is 35.5. The molecular formula is C16H27ClN2. The lowest BCUT2D eigenvalue weighted by molar-refractivity contribution is 0.610. The number of hydrogen-bond donors (Lipinski definition) is 1. The first kappa shape index (κ1) is 16.3. The Balaban J connectivity index is 3.07. The second-order valence-corrected chi connectivity index (χ2v) is 5.95. The molecule has 0 bridgehead atoms. The zero-order chi connectivity index (χ0) is 14.4. The van der Waals surface area contributed by atoms with Crippen LogP contribution in [0.2, 0.25) is 5.02 Å². The van der Waals surface area contributed by atoms with Gasteiger partial charge >= 0.3 is 0 Å². The minimum atomic E-state index is 0.177. The average molecular weight is 283 g/mol. The van der Waals surface area contributed by atoms with Crippen LogP contribution in [0.5, 0.6) is 0 Å². The third kappa shape index (κ3) is 4.70. The van der Waals surface area contributed by atoms with E-state index in [1.165, 1.54) is 11.3 Å². The van der Waals surface area contributed by atoms with E-state index in [-0.39, 0.29) is 6.04 Å². The Hall–Kier alpha value is -0.730. The highest BCUT2D eigenvalue weighted by Crippen LogP contribution is 2.29. The van der Waals surface area contributed by atoms with Crippen LogP contribution in [0, 0.1) is 5.92 Å². The van der Waals surface area contributed by atoms with Crippen LogP contribution in [0.3, 0.4) is 0 Å². The molecule has 2 nitrogen and oxygen atoms in total. The molecular weight excluding hydrogens is 256 g/mol. The molecule has 0 saturated heterocycles. The largest absolute Gasteiger partial charge is 0.371 e. The molecule has 108 valence electrons. The maximum absolute atomic E-state index is 6.39. The van der Waals surface area contributed by atoms with Gasteiger partial charge in [0.25, 0.3) is 0 Å². The van der Waals surface area contributed by atoms with Gasteiger partial charge in [-0.3, -0.25) is 0 Å². The molecule has 0 radical (unpaired) electrons. The smallest absolute Gasteiger partial charge is 0.0459 e. The lowest BCUT2D eigenvalue weighted by Crippen LogP contribution is -2.30. The van der Waals surface area contributed by atoms with E-state index in [1.54, 1.807) is 0 Å². The van der Waals surface area contributed by atoms with Crippen molar-refractivity contribution in [2.45, 2.75) is 46.6 Å². The molecule has 1 unspecified atom stereocenters. The van der Waals surface area contributed by atoms with Gasteiger partial charge in [0.15, 0.2) is 0 Å². The maximum atomic E-state index is 6.39. The first-order valence-corrected chi connectivity index (χ1v) is 7.65. The van der Waals surface area contributed by atoms with E-state index < -0.39 is 0 Å². The first-order chi connectivity index (χ1) is 8.99. The summed E-state index contributed by atoms with van der Waals surface area (Å²) < 4.78 is 0. The second-order valence-electron chi connectivity index (χ2n) is 5.54. The predicted molar refractivity (Wildman–Crippen MR) is 86.1 cm³/mol. The standard InChI is InChI=1S/C16H27ClN2/c1-5-13(18)10-14-15(17)8-7-9-16(14)19(6-2)11-12(3)4/h7-9,12-13H,5-6,10-11,18H2,1-4H3. The van der Waals surface area contributed by atoms with E-state index in [2.05, 4.69) is 38.7 Å². The quantitative estimate of drug-likeness (QED) is 0.816. The van der Waals surface area contributed by atoms with E-state index in [0.717, 1.165) is 31.0 Å². The Morgan fingerprint density at radius 2 is 1.95 bits per heavy atom. The van der Waals surface area contributed by atoms with Crippen molar-refractivity contribution in [2.24, 2.45) is 11.7 Å². The minimum absolute atomic E-state index is 0.177. The number of halogens is 1. The molecule has 0 heterocycles. The number of hydrogen-bond acceptors (Lipinski definition) is 2. The molecule has 0 aromatic heterocycles. The highest BCUT2D eigenvalue weighted by molar-refractivity contribution is 6.31. The molecule has 0 aliphatic carbocycles. The fraction of sp³-hybridized carbons (Fsp3) is 0.625. The zero-order valence-electron chi connectivity index (χ0n) is 12.6. The fourth-order valence-corrected chi connectivity index (χ4v) is 2.54. The van der Waals surface area contributed by atoms with Gasteiger partial charge in [-0.1, -0.05) is 38.4 Å². The molecule has 2 N–H and O–H groups in total. The van der Waals surface area contributed by atoms with Gasteiger partial charge in [0, 0.05) is 29.8 Å². The van der Waals surface area contributed by atoms with Crippen molar-refractivity contribution in [3.63, 3.8) is 0 Å². The van der Waals surface area contributed by atoms with E-state index >= 15 is 0 Å². The summed E-state index contributed by atoms with van der Waals surface area (Å²) in [6.07, 6.45) is 1.82. The van der Waals surface area contributed by atoms with Gasteiger partial charge in [0.05, 0.1) is 0 Å². The van der Waals surface area contributed by atoms with Gasteiger partial charge in [0.1, 0.15) is 0 Å². The van der Waals surface area contributed by atoms with Crippen LogP contribution in [0.15, 0.2) is 18.2 Å². The van der Waals surface area contributed by atoms with Gasteiger partial charge in [-0.25, -0.2) is 0 Å². The molecule has 0 aliphatic rings. The average Bonchev–Trinajstić information content (AvgIpc) is 2.38. The Morgan fingerprint density at radius 3 is 2.47 bits per heavy atom. The summed E-state index contributed by atoms with van der Waals surface area (Å²) in [5, 5.41) is 0.837. The molecule has 1 atom stereocenters. The van der Waals surface area contributed by atoms with E-state index in [1.807, 2.05) is 12.1 Å². The molecule has 0 spiro atoms. The van der Waals surface area contributed by atoms with Crippen molar-refractivity contribution in [3.05, 3.63) is 28.8 Å². The second kappa shape index (κ2) is 7.76. The Morgan fingerprint density at radius 1 is 1.26 bits per heavy atom. The molecule has 0 amide bonds. The predicted octanol–water partition coefficient (Wildman–Crippen LogP) is 4.10. The lowest BCUT2D eigenvalue weighted by atomic mass is 10.0. The van der Waals surface area contributed by atoms with Gasteiger partial charge in [-0.2, -0.15) is 0 Å². The summed E-state index contributed by atoms with van der Waals surface area (Å²) in [7, 11) is 0. The van der Waals surface area contributed by atoms with Crippen molar-refractivity contribution in [3.8, 4) is 0 Å². The van der Waals surface area contributed by atoms with Crippen LogP contribution in [-0.2, 0) is 6.42 Å². The first-order valence-electron chi connectivity index (χ1n) is 7.27. The number of nitrogens with zero attached hydrogens (tertiary/aromatic N) is 1. The zero-order valence-corrected chi connectivity index (χ0v) is 13.4. The number of rotatable bonds is 7. The topological polar surface area (TPSA) is 29.3 Å². The van der Waals surface area contributed by atoms with Crippen LogP contribution < -0.4 is 10.6 Å². The summed E-state index contributed by atoms with van der Waals surface area (Å²) in [6, 6.07) is 6.33. The summed E-state index contributed by atoms with van der Waals surface area (Å²) in [5.41, 5.74) is 8.55. The molecule has 1 aromatic rings. The lowest BCUT2D eigenvalue weighted by Gasteiger charge is -2.28. The minimum Gasteiger partial charge on any atom is -0.371 e. The molecule has 1 aromatic carbocycles. The highest BCUT2D eigenvalue weighted by Gasteiger charge is 2.15. The number of benzene rings is 1. The summed E-state index contributed by atoms with van der Waals surface area (Å²) in [5.74, 6) is 0.631. The number of nitrogens with two attached hydrogens (primary N) is 1. The van der Waals surface area contributed by atoms with E-state index in [0.29, 0.717) is 5.92 Å². The third-order valence-electron chi connectivity index (χ3n) is 3.39. The summed E-state index contributed by atoms with van der Waals surface area (Å²) >= 11 is 6.39. The van der Waals surface area contributed by atoms with Crippen LogP contribution >= 0.6 is 11.6 Å². The Labute approximate surface area is 122 Å². The Bertz CT molecular complexity index is 390. The number of anilines is 1. The van der Waals surface area contributed by atoms with Crippen LogP contribution in [-0.4, -0.2) is 19.1 Å². The molecule has 1 rings (SSSR count). The van der Waals surface area contributed by atoms with Crippen LogP contribution in [0.25, 0.3) is 0 Å². The van der Waals surface area contributed by atoms with Gasteiger partial charge < -0.3 is 10.6 Å². The van der Waals surface area contributed by atoms with Crippen molar-refractivity contribution in [1.29, 1.82) is 0 Å². The summed E-state index contributed by atoms with van der Waals surface area (Å²) in [6.45, 7) is 10.8. The third-order valence-corrected chi connectivity index (χ3v) is 3.75. The monoisotopic (exact) mass is 282 g/mol. The van der Waals surface area contributed by atoms with Gasteiger partial charge in [-0.15, -0.1) is 0 Å². The van der Waals surface area contributed by atoms with Crippen molar-refractivity contribution >= 4 is 17.3 Å². The van der Waals surface area contributed by atoms with Crippen LogP contribution in [0.1, 0.15) is 39.7 Å². The van der Waals surface area contributed by atoms with Gasteiger partial charge in [-0.05, 0) is 43.4 Å². The van der Waals surface area contributed by atoms with Crippen molar-refractivity contribution in [1.82, 2.24) is 0 Å². The van der Waals surface area contributed by atoms with Crippen LogP contribution in [0.4, 0.5) is 5.69 Å². The molecule has 0 saturated carbocycles. The normalized spacial score (nSPS) is 12.8. The van der Waals surface area contributed by atoms with E-state index in [9.17, 15) is 0 Å². The molecule has 3 heteroatoms. The Kier molecular flexibility index (Phi) is 6.67. The molecule has 0 fully saturated rings. The van der Waals surface area contributed by atoms with Gasteiger partial charge in [0.2, 0.25) is 0 Å². The molecule has 19 heavy (non-hydrogen) atoms. The SMILES string of the molecule is CCC(N)Cc1c(Cl)cccc1N(CC)CC(C)C. The van der Waals surface area contributed by atoms with Crippen molar-refractivity contribution in [2.75, 3.05) is 18.0 Å². The molecule has 0 aliphatic heterocycles. The van der Waals surface area contributed by atoms with E-state index in [4.69, 9.17) is 17.3 Å². The fourth-order valence-electron chi connectivity index (χ4n) is 2.29.